The third-order valence-electron chi connectivity index (χ3n) is 3.95. The molecule has 1 N–H and O–H groups in total. The molecule has 3 heteroatoms. The zero-order valence-electron chi connectivity index (χ0n) is 9.87. The number of nitrogens with one attached hydrogen (secondary N) is 1. The van der Waals surface area contributed by atoms with Gasteiger partial charge in [0.2, 0.25) is 0 Å². The Morgan fingerprint density at radius 1 is 1.27 bits per heavy atom. The molecular formula is C12H24N2O. The molecule has 0 aromatic heterocycles. The van der Waals surface area contributed by atoms with Crippen LogP contribution in [0.3, 0.4) is 0 Å². The molecule has 2 aliphatic rings. The summed E-state index contributed by atoms with van der Waals surface area (Å²) >= 11 is 0. The van der Waals surface area contributed by atoms with E-state index in [-0.39, 0.29) is 0 Å². The zero-order valence-corrected chi connectivity index (χ0v) is 9.87. The summed E-state index contributed by atoms with van der Waals surface area (Å²) in [5, 5.41) is 3.46. The number of morpholine rings is 1. The van der Waals surface area contributed by atoms with Gasteiger partial charge in [0.15, 0.2) is 0 Å². The van der Waals surface area contributed by atoms with E-state index in [1.165, 1.54) is 32.2 Å². The van der Waals surface area contributed by atoms with Crippen LogP contribution in [0.15, 0.2) is 0 Å². The average Bonchev–Trinajstić information content (AvgIpc) is 2.75. The second-order valence-corrected chi connectivity index (χ2v) is 4.83. The van der Waals surface area contributed by atoms with Gasteiger partial charge in [-0.1, -0.05) is 6.42 Å². The minimum atomic E-state index is 0.783. The molecule has 1 aliphatic carbocycles. The van der Waals surface area contributed by atoms with Crippen LogP contribution in [-0.4, -0.2) is 50.8 Å². The molecule has 2 atom stereocenters. The molecule has 1 saturated carbocycles. The predicted octanol–water partition coefficient (Wildman–Crippen LogP) is 1.10. The van der Waals surface area contributed by atoms with Gasteiger partial charge in [0.05, 0.1) is 13.2 Å². The van der Waals surface area contributed by atoms with Gasteiger partial charge < -0.3 is 10.1 Å². The van der Waals surface area contributed by atoms with E-state index >= 15 is 0 Å². The molecule has 0 spiro atoms. The van der Waals surface area contributed by atoms with E-state index < -0.39 is 0 Å². The Morgan fingerprint density at radius 3 is 2.80 bits per heavy atom. The topological polar surface area (TPSA) is 24.5 Å². The molecule has 1 aliphatic heterocycles. The lowest BCUT2D eigenvalue weighted by molar-refractivity contribution is 0.0350. The molecular weight excluding hydrogens is 188 g/mol. The molecule has 3 nitrogen and oxygen atoms in total. The third kappa shape index (κ3) is 3.16. The van der Waals surface area contributed by atoms with Crippen molar-refractivity contribution in [2.75, 3.05) is 39.9 Å². The lowest BCUT2D eigenvalue weighted by Crippen LogP contribution is -2.38. The molecule has 0 amide bonds. The van der Waals surface area contributed by atoms with Gasteiger partial charge in [-0.15, -0.1) is 0 Å². The zero-order chi connectivity index (χ0) is 10.5. The van der Waals surface area contributed by atoms with Crippen LogP contribution in [0, 0.1) is 5.92 Å². The average molecular weight is 212 g/mol. The van der Waals surface area contributed by atoms with Crippen LogP contribution in [-0.2, 0) is 4.74 Å². The highest BCUT2D eigenvalue weighted by molar-refractivity contribution is 4.82. The van der Waals surface area contributed by atoms with Gasteiger partial charge in [0, 0.05) is 19.1 Å². The Hall–Kier alpha value is -0.120. The first-order valence-corrected chi connectivity index (χ1v) is 6.37. The van der Waals surface area contributed by atoms with Gasteiger partial charge in [0.1, 0.15) is 0 Å². The highest BCUT2D eigenvalue weighted by Crippen LogP contribution is 2.28. The molecule has 15 heavy (non-hydrogen) atoms. The van der Waals surface area contributed by atoms with Crippen LogP contribution < -0.4 is 5.32 Å². The summed E-state index contributed by atoms with van der Waals surface area (Å²) in [6.07, 6.45) is 5.59. The smallest absolute Gasteiger partial charge is 0.0594 e. The Bertz CT molecular complexity index is 180. The maximum absolute atomic E-state index is 5.36. The van der Waals surface area contributed by atoms with Crippen molar-refractivity contribution in [1.29, 1.82) is 0 Å². The van der Waals surface area contributed by atoms with Crippen molar-refractivity contribution in [2.24, 2.45) is 5.92 Å². The van der Waals surface area contributed by atoms with Crippen LogP contribution in [0.4, 0.5) is 0 Å². The largest absolute Gasteiger partial charge is 0.379 e. The summed E-state index contributed by atoms with van der Waals surface area (Å²) in [6, 6.07) is 0.783. The van der Waals surface area contributed by atoms with Crippen molar-refractivity contribution in [1.82, 2.24) is 10.2 Å². The standard InChI is InChI=1S/C12H24N2O/c1-13-12-4-2-3-11(12)5-6-14-7-9-15-10-8-14/h11-13H,2-10H2,1H3. The Labute approximate surface area is 93.2 Å². The van der Waals surface area contributed by atoms with E-state index in [0.717, 1.165) is 38.3 Å². The van der Waals surface area contributed by atoms with Crippen molar-refractivity contribution in [3.8, 4) is 0 Å². The lowest BCUT2D eigenvalue weighted by atomic mass is 9.99. The minimum absolute atomic E-state index is 0.783. The summed E-state index contributed by atoms with van der Waals surface area (Å²) in [7, 11) is 2.11. The predicted molar refractivity (Wildman–Crippen MR) is 62.1 cm³/mol. The van der Waals surface area contributed by atoms with Gasteiger partial charge in [-0.3, -0.25) is 4.90 Å². The summed E-state index contributed by atoms with van der Waals surface area (Å²) in [5.74, 6) is 0.915. The summed E-state index contributed by atoms with van der Waals surface area (Å²) in [4.78, 5) is 2.55. The number of ether oxygens (including phenoxy) is 1. The Morgan fingerprint density at radius 2 is 2.07 bits per heavy atom. The summed E-state index contributed by atoms with van der Waals surface area (Å²) in [5.41, 5.74) is 0. The molecule has 0 aromatic carbocycles. The number of hydrogen-bond donors (Lipinski definition) is 1. The van der Waals surface area contributed by atoms with E-state index in [2.05, 4.69) is 17.3 Å². The van der Waals surface area contributed by atoms with Crippen molar-refractivity contribution >= 4 is 0 Å². The Kier molecular flexibility index (Phi) is 4.42. The number of nitrogens with zero attached hydrogens (tertiary/aromatic N) is 1. The second-order valence-electron chi connectivity index (χ2n) is 4.83. The molecule has 1 heterocycles. The van der Waals surface area contributed by atoms with E-state index in [9.17, 15) is 0 Å². The molecule has 2 fully saturated rings. The van der Waals surface area contributed by atoms with E-state index in [0.29, 0.717) is 0 Å². The quantitative estimate of drug-likeness (QED) is 0.755. The molecule has 2 unspecified atom stereocenters. The fraction of sp³-hybridized carbons (Fsp3) is 1.00. The van der Waals surface area contributed by atoms with Crippen LogP contribution >= 0.6 is 0 Å². The first-order chi connectivity index (χ1) is 7.40. The second kappa shape index (κ2) is 5.83. The molecule has 0 aromatic rings. The van der Waals surface area contributed by atoms with Crippen molar-refractivity contribution in [3.63, 3.8) is 0 Å². The summed E-state index contributed by atoms with van der Waals surface area (Å²) in [6.45, 7) is 5.40. The highest BCUT2D eigenvalue weighted by atomic mass is 16.5. The van der Waals surface area contributed by atoms with Crippen molar-refractivity contribution in [2.45, 2.75) is 31.7 Å². The molecule has 1 saturated heterocycles. The third-order valence-corrected chi connectivity index (χ3v) is 3.95. The first kappa shape index (κ1) is 11.4. The SMILES string of the molecule is CNC1CCCC1CCN1CCOCC1. The molecule has 2 rings (SSSR count). The van der Waals surface area contributed by atoms with Crippen molar-refractivity contribution in [3.05, 3.63) is 0 Å². The van der Waals surface area contributed by atoms with Gasteiger partial charge in [-0.05, 0) is 38.8 Å². The highest BCUT2D eigenvalue weighted by Gasteiger charge is 2.26. The number of rotatable bonds is 4. The number of hydrogen-bond acceptors (Lipinski definition) is 3. The summed E-state index contributed by atoms with van der Waals surface area (Å²) < 4.78 is 5.36. The van der Waals surface area contributed by atoms with Crippen molar-refractivity contribution < 1.29 is 4.74 Å². The maximum Gasteiger partial charge on any atom is 0.0594 e. The molecule has 0 bridgehead atoms. The fourth-order valence-corrected chi connectivity index (χ4v) is 2.94. The fourth-order valence-electron chi connectivity index (χ4n) is 2.94. The van der Waals surface area contributed by atoms with Gasteiger partial charge >= 0.3 is 0 Å². The Balaban J connectivity index is 1.67. The molecule has 88 valence electrons. The van der Waals surface area contributed by atoms with Crippen LogP contribution in [0.2, 0.25) is 0 Å². The molecule has 0 radical (unpaired) electrons. The van der Waals surface area contributed by atoms with E-state index in [1.807, 2.05) is 0 Å². The normalized spacial score (nSPS) is 33.4. The maximum atomic E-state index is 5.36. The monoisotopic (exact) mass is 212 g/mol. The van der Waals surface area contributed by atoms with Gasteiger partial charge in [-0.25, -0.2) is 0 Å². The van der Waals surface area contributed by atoms with Gasteiger partial charge in [0.25, 0.3) is 0 Å². The van der Waals surface area contributed by atoms with Gasteiger partial charge in [-0.2, -0.15) is 0 Å². The van der Waals surface area contributed by atoms with E-state index in [1.54, 1.807) is 0 Å². The van der Waals surface area contributed by atoms with Crippen LogP contribution in [0.25, 0.3) is 0 Å². The lowest BCUT2D eigenvalue weighted by Gasteiger charge is -2.28. The minimum Gasteiger partial charge on any atom is -0.379 e. The first-order valence-electron chi connectivity index (χ1n) is 6.37. The van der Waals surface area contributed by atoms with Crippen LogP contribution in [0.5, 0.6) is 0 Å². The van der Waals surface area contributed by atoms with Crippen LogP contribution in [0.1, 0.15) is 25.7 Å². The van der Waals surface area contributed by atoms with E-state index in [4.69, 9.17) is 4.74 Å².